The Morgan fingerprint density at radius 3 is 1.38 bits per heavy atom. The number of nitrogens with zero attached hydrogens (tertiary/aromatic N) is 2. The number of benzene rings is 2. The second-order valence-electron chi connectivity index (χ2n) is 6.18. The van der Waals surface area contributed by atoms with Gasteiger partial charge in [0.2, 0.25) is 0 Å². The first-order valence-corrected chi connectivity index (χ1v) is 8.69. The van der Waals surface area contributed by atoms with Crippen molar-refractivity contribution in [2.45, 2.75) is 27.7 Å². The van der Waals surface area contributed by atoms with E-state index in [2.05, 4.69) is 49.6 Å². The van der Waals surface area contributed by atoms with Crippen LogP contribution in [-0.2, 0) is 0 Å². The molecule has 0 bridgehead atoms. The first-order chi connectivity index (χ1) is 11.5. The lowest BCUT2D eigenvalue weighted by atomic mass is 10.1. The molecule has 0 unspecified atom stereocenters. The van der Waals surface area contributed by atoms with Gasteiger partial charge in [-0.15, -0.1) is 0 Å². The van der Waals surface area contributed by atoms with E-state index in [1.54, 1.807) is 0 Å². The van der Waals surface area contributed by atoms with E-state index >= 15 is 0 Å². The van der Waals surface area contributed by atoms with Crippen molar-refractivity contribution >= 4 is 22.7 Å². The number of nitrogen functional groups attached to an aromatic ring is 2. The highest BCUT2D eigenvalue weighted by atomic mass is 15.2. The first-order valence-electron chi connectivity index (χ1n) is 8.69. The van der Waals surface area contributed by atoms with Gasteiger partial charge >= 0.3 is 0 Å². The molecule has 0 aromatic heterocycles. The third kappa shape index (κ3) is 3.75. The fourth-order valence-corrected chi connectivity index (χ4v) is 3.32. The predicted molar refractivity (Wildman–Crippen MR) is 107 cm³/mol. The van der Waals surface area contributed by atoms with E-state index in [0.717, 1.165) is 48.9 Å². The van der Waals surface area contributed by atoms with Crippen molar-refractivity contribution in [1.29, 1.82) is 0 Å². The van der Waals surface area contributed by atoms with Gasteiger partial charge < -0.3 is 21.3 Å². The highest BCUT2D eigenvalue weighted by Gasteiger charge is 2.15. The molecule has 4 nitrogen and oxygen atoms in total. The molecule has 24 heavy (non-hydrogen) atoms. The van der Waals surface area contributed by atoms with Crippen LogP contribution in [0.5, 0.6) is 0 Å². The van der Waals surface area contributed by atoms with Gasteiger partial charge in [0.1, 0.15) is 0 Å². The molecule has 2 aromatic rings. The number of rotatable bonds is 7. The maximum atomic E-state index is 6.22. The lowest BCUT2D eigenvalue weighted by Crippen LogP contribution is -2.36. The summed E-state index contributed by atoms with van der Waals surface area (Å²) in [4.78, 5) is 4.70. The average molecular weight is 326 g/mol. The molecule has 0 heterocycles. The summed E-state index contributed by atoms with van der Waals surface area (Å²) in [5.74, 6) is 0. The Morgan fingerprint density at radius 2 is 1.08 bits per heavy atom. The Morgan fingerprint density at radius 1 is 0.708 bits per heavy atom. The van der Waals surface area contributed by atoms with Crippen molar-refractivity contribution in [2.24, 2.45) is 0 Å². The normalized spacial score (nSPS) is 10.7. The smallest absolute Gasteiger partial charge is 0.0630 e. The van der Waals surface area contributed by atoms with Crippen LogP contribution >= 0.6 is 0 Å². The molecule has 4 N–H and O–H groups in total. The van der Waals surface area contributed by atoms with Gasteiger partial charge in [-0.25, -0.2) is 0 Å². The lowest BCUT2D eigenvalue weighted by Gasteiger charge is -2.32. The van der Waals surface area contributed by atoms with Gasteiger partial charge in [-0.05, 0) is 51.0 Å². The zero-order chi connectivity index (χ0) is 17.7. The van der Waals surface area contributed by atoms with Crippen LogP contribution in [0, 0.1) is 13.8 Å². The van der Waals surface area contributed by atoms with Crippen molar-refractivity contribution in [3.05, 3.63) is 47.5 Å². The van der Waals surface area contributed by atoms with Crippen molar-refractivity contribution in [2.75, 3.05) is 47.4 Å². The summed E-state index contributed by atoms with van der Waals surface area (Å²) in [6, 6.07) is 12.2. The molecule has 0 atom stereocenters. The highest BCUT2D eigenvalue weighted by molar-refractivity contribution is 5.73. The Bertz CT molecular complexity index is 581. The molecule has 0 amide bonds. The summed E-state index contributed by atoms with van der Waals surface area (Å²) in [5, 5.41) is 0. The molecule has 0 saturated heterocycles. The van der Waals surface area contributed by atoms with Gasteiger partial charge in [0.05, 0.1) is 22.7 Å². The molecular formula is C20H30N4. The van der Waals surface area contributed by atoms with Crippen LogP contribution in [0.15, 0.2) is 36.4 Å². The number of para-hydroxylation sites is 2. The zero-order valence-electron chi connectivity index (χ0n) is 15.3. The van der Waals surface area contributed by atoms with E-state index < -0.39 is 0 Å². The van der Waals surface area contributed by atoms with E-state index in [4.69, 9.17) is 11.5 Å². The summed E-state index contributed by atoms with van der Waals surface area (Å²) in [5.41, 5.74) is 18.9. The Hall–Kier alpha value is -2.36. The van der Waals surface area contributed by atoms with Crippen molar-refractivity contribution in [3.8, 4) is 0 Å². The summed E-state index contributed by atoms with van der Waals surface area (Å²) in [7, 11) is 0. The quantitative estimate of drug-likeness (QED) is 0.759. The summed E-state index contributed by atoms with van der Waals surface area (Å²) in [6.07, 6.45) is 0. The maximum Gasteiger partial charge on any atom is 0.0630 e. The maximum absolute atomic E-state index is 6.22. The van der Waals surface area contributed by atoms with Gasteiger partial charge in [0, 0.05) is 26.2 Å². The van der Waals surface area contributed by atoms with E-state index in [9.17, 15) is 0 Å². The number of anilines is 4. The molecule has 0 aliphatic heterocycles. The molecule has 0 spiro atoms. The number of likely N-dealkylation sites (N-methyl/N-ethyl adjacent to an activating group) is 2. The molecule has 2 aromatic carbocycles. The summed E-state index contributed by atoms with van der Waals surface area (Å²) >= 11 is 0. The fraction of sp³-hybridized carbons (Fsp3) is 0.400. The fourth-order valence-electron chi connectivity index (χ4n) is 3.32. The van der Waals surface area contributed by atoms with Crippen molar-refractivity contribution < 1.29 is 0 Å². The molecule has 0 radical (unpaired) electrons. The molecule has 0 aliphatic carbocycles. The molecule has 2 rings (SSSR count). The standard InChI is InChI=1S/C20H30N4/c1-5-23(19-15(3)9-7-11-17(19)21)13-14-24(6-2)20-16(4)10-8-12-18(20)22/h7-12H,5-6,13-14,21-22H2,1-4H3. The second-order valence-corrected chi connectivity index (χ2v) is 6.18. The van der Waals surface area contributed by atoms with Crippen molar-refractivity contribution in [3.63, 3.8) is 0 Å². The van der Waals surface area contributed by atoms with Gasteiger partial charge in [-0.1, -0.05) is 24.3 Å². The Kier molecular flexibility index (Phi) is 5.96. The highest BCUT2D eigenvalue weighted by Crippen LogP contribution is 2.29. The topological polar surface area (TPSA) is 58.5 Å². The monoisotopic (exact) mass is 326 g/mol. The molecular weight excluding hydrogens is 296 g/mol. The summed E-state index contributed by atoms with van der Waals surface area (Å²) < 4.78 is 0. The van der Waals surface area contributed by atoms with Crippen LogP contribution in [0.25, 0.3) is 0 Å². The number of hydrogen-bond acceptors (Lipinski definition) is 4. The van der Waals surface area contributed by atoms with Crippen LogP contribution in [0.2, 0.25) is 0 Å². The predicted octanol–water partition coefficient (Wildman–Crippen LogP) is 3.82. The van der Waals surface area contributed by atoms with Crippen LogP contribution in [0.4, 0.5) is 22.7 Å². The summed E-state index contributed by atoms with van der Waals surface area (Å²) in [6.45, 7) is 12.2. The third-order valence-corrected chi connectivity index (χ3v) is 4.57. The van der Waals surface area contributed by atoms with Gasteiger partial charge in [0.15, 0.2) is 0 Å². The number of aryl methyl sites for hydroxylation is 2. The lowest BCUT2D eigenvalue weighted by molar-refractivity contribution is 0.752. The zero-order valence-corrected chi connectivity index (χ0v) is 15.3. The van der Waals surface area contributed by atoms with E-state index in [1.165, 1.54) is 11.1 Å². The second kappa shape index (κ2) is 7.95. The Labute approximate surface area is 146 Å². The van der Waals surface area contributed by atoms with E-state index in [0.29, 0.717) is 0 Å². The van der Waals surface area contributed by atoms with Crippen LogP contribution in [0.1, 0.15) is 25.0 Å². The van der Waals surface area contributed by atoms with Gasteiger partial charge in [-0.2, -0.15) is 0 Å². The molecule has 130 valence electrons. The van der Waals surface area contributed by atoms with Gasteiger partial charge in [-0.3, -0.25) is 0 Å². The SMILES string of the molecule is CCN(CCN(CC)c1c(C)cccc1N)c1c(C)cccc1N. The van der Waals surface area contributed by atoms with Crippen LogP contribution < -0.4 is 21.3 Å². The number of hydrogen-bond donors (Lipinski definition) is 2. The third-order valence-electron chi connectivity index (χ3n) is 4.57. The molecule has 0 saturated carbocycles. The minimum atomic E-state index is 0.843. The van der Waals surface area contributed by atoms with Gasteiger partial charge in [0.25, 0.3) is 0 Å². The minimum Gasteiger partial charge on any atom is -0.397 e. The minimum absolute atomic E-state index is 0.843. The largest absolute Gasteiger partial charge is 0.397 e. The molecule has 0 fully saturated rings. The molecule has 0 aliphatic rings. The van der Waals surface area contributed by atoms with E-state index in [-0.39, 0.29) is 0 Å². The van der Waals surface area contributed by atoms with E-state index in [1.807, 2.05) is 24.3 Å². The number of nitrogens with two attached hydrogens (primary N) is 2. The van der Waals surface area contributed by atoms with Crippen LogP contribution in [0.3, 0.4) is 0 Å². The first kappa shape index (κ1) is 18.0. The van der Waals surface area contributed by atoms with Crippen molar-refractivity contribution in [1.82, 2.24) is 0 Å². The van der Waals surface area contributed by atoms with Crippen LogP contribution in [-0.4, -0.2) is 26.2 Å². The molecule has 4 heteroatoms. The Balaban J connectivity index is 2.20. The average Bonchev–Trinajstić information content (AvgIpc) is 2.55.